The van der Waals surface area contributed by atoms with E-state index in [1.165, 1.54) is 38.9 Å². The third-order valence-electron chi connectivity index (χ3n) is 6.16. The summed E-state index contributed by atoms with van der Waals surface area (Å²) in [5.41, 5.74) is 4.61. The first-order valence-corrected chi connectivity index (χ1v) is 13.0. The molecule has 1 aliphatic carbocycles. The van der Waals surface area contributed by atoms with Gasteiger partial charge in [-0.25, -0.2) is 13.4 Å². The van der Waals surface area contributed by atoms with Crippen molar-refractivity contribution in [1.82, 2.24) is 9.29 Å². The second kappa shape index (κ2) is 9.13. The lowest BCUT2D eigenvalue weighted by Crippen LogP contribution is -2.35. The highest BCUT2D eigenvalue weighted by Gasteiger charge is 2.30. The standard InChI is InChI=1S/C24H27N3O3S2/c1-16-8-9-19(14-17(16)2)22-15-31-24(25-22)26-23(28)18-10-12-21(13-11-18)32(29,30)27(3)20-6-4-5-7-20/h8-15,20H,4-7H2,1-3H3,(H,25,26,28). The number of carbonyl (C=O) groups is 1. The van der Waals surface area contributed by atoms with Crippen molar-refractivity contribution < 1.29 is 13.2 Å². The van der Waals surface area contributed by atoms with Crippen LogP contribution in [-0.4, -0.2) is 36.7 Å². The molecule has 3 aromatic rings. The molecule has 4 rings (SSSR count). The predicted molar refractivity (Wildman–Crippen MR) is 129 cm³/mol. The fraction of sp³-hybridized carbons (Fsp3) is 0.333. The summed E-state index contributed by atoms with van der Waals surface area (Å²) in [4.78, 5) is 17.4. The van der Waals surface area contributed by atoms with Gasteiger partial charge in [-0.1, -0.05) is 25.0 Å². The molecular formula is C24H27N3O3S2. The molecular weight excluding hydrogens is 442 g/mol. The summed E-state index contributed by atoms with van der Waals surface area (Å²) < 4.78 is 27.3. The van der Waals surface area contributed by atoms with Crippen molar-refractivity contribution in [3.63, 3.8) is 0 Å². The lowest BCUT2D eigenvalue weighted by atomic mass is 10.1. The van der Waals surface area contributed by atoms with Gasteiger partial charge >= 0.3 is 0 Å². The maximum Gasteiger partial charge on any atom is 0.257 e. The van der Waals surface area contributed by atoms with Gasteiger partial charge in [0.1, 0.15) is 0 Å². The Kier molecular flexibility index (Phi) is 6.46. The Morgan fingerprint density at radius 3 is 2.41 bits per heavy atom. The highest BCUT2D eigenvalue weighted by molar-refractivity contribution is 7.89. The van der Waals surface area contributed by atoms with Crippen LogP contribution in [0.15, 0.2) is 52.7 Å². The van der Waals surface area contributed by atoms with Gasteiger partial charge in [0, 0.05) is 29.6 Å². The molecule has 0 spiro atoms. The molecule has 0 saturated heterocycles. The zero-order chi connectivity index (χ0) is 22.9. The Labute approximate surface area is 193 Å². The van der Waals surface area contributed by atoms with Crippen molar-refractivity contribution >= 4 is 32.4 Å². The topological polar surface area (TPSA) is 79.4 Å². The summed E-state index contributed by atoms with van der Waals surface area (Å²) in [6.45, 7) is 4.12. The molecule has 1 aliphatic rings. The van der Waals surface area contributed by atoms with E-state index in [2.05, 4.69) is 36.3 Å². The van der Waals surface area contributed by atoms with Crippen LogP contribution in [0.5, 0.6) is 0 Å². The Hall–Kier alpha value is -2.55. The first-order valence-electron chi connectivity index (χ1n) is 10.7. The monoisotopic (exact) mass is 469 g/mol. The number of hydrogen-bond donors (Lipinski definition) is 1. The fourth-order valence-electron chi connectivity index (χ4n) is 3.94. The second-order valence-corrected chi connectivity index (χ2v) is 11.1. The molecule has 1 aromatic heterocycles. The van der Waals surface area contributed by atoms with Crippen LogP contribution in [0.2, 0.25) is 0 Å². The number of sulfonamides is 1. The van der Waals surface area contributed by atoms with Gasteiger partial charge in [-0.05, 0) is 68.1 Å². The molecule has 1 heterocycles. The highest BCUT2D eigenvalue weighted by Crippen LogP contribution is 2.28. The molecule has 8 heteroatoms. The molecule has 1 N–H and O–H groups in total. The van der Waals surface area contributed by atoms with E-state index in [1.54, 1.807) is 19.2 Å². The van der Waals surface area contributed by atoms with Crippen molar-refractivity contribution in [1.29, 1.82) is 0 Å². The Morgan fingerprint density at radius 2 is 1.75 bits per heavy atom. The number of anilines is 1. The highest BCUT2D eigenvalue weighted by atomic mass is 32.2. The average molecular weight is 470 g/mol. The van der Waals surface area contributed by atoms with Gasteiger partial charge < -0.3 is 0 Å². The van der Waals surface area contributed by atoms with Crippen LogP contribution in [0.4, 0.5) is 5.13 Å². The number of amides is 1. The predicted octanol–water partition coefficient (Wildman–Crippen LogP) is 5.24. The third-order valence-corrected chi connectivity index (χ3v) is 8.84. The molecule has 1 amide bonds. The van der Waals surface area contributed by atoms with Gasteiger partial charge in [-0.3, -0.25) is 10.1 Å². The van der Waals surface area contributed by atoms with Crippen molar-refractivity contribution in [2.75, 3.05) is 12.4 Å². The molecule has 0 radical (unpaired) electrons. The first kappa shape index (κ1) is 22.6. The van der Waals surface area contributed by atoms with E-state index in [4.69, 9.17) is 0 Å². The van der Waals surface area contributed by atoms with E-state index in [0.29, 0.717) is 10.7 Å². The van der Waals surface area contributed by atoms with Crippen LogP contribution in [0.3, 0.4) is 0 Å². The molecule has 1 fully saturated rings. The molecule has 0 atom stereocenters. The zero-order valence-corrected chi connectivity index (χ0v) is 20.1. The molecule has 2 aromatic carbocycles. The third kappa shape index (κ3) is 4.62. The number of nitrogens with one attached hydrogen (secondary N) is 1. The molecule has 0 bridgehead atoms. The van der Waals surface area contributed by atoms with Gasteiger partial charge in [0.2, 0.25) is 10.0 Å². The number of nitrogens with zero attached hydrogens (tertiary/aromatic N) is 2. The summed E-state index contributed by atoms with van der Waals surface area (Å²) in [7, 11) is -1.93. The molecule has 6 nitrogen and oxygen atoms in total. The quantitative estimate of drug-likeness (QED) is 0.535. The maximum atomic E-state index is 12.9. The van der Waals surface area contributed by atoms with Crippen LogP contribution in [0, 0.1) is 13.8 Å². The summed E-state index contributed by atoms with van der Waals surface area (Å²) in [5, 5.41) is 5.22. The largest absolute Gasteiger partial charge is 0.298 e. The van der Waals surface area contributed by atoms with Crippen LogP contribution in [0.1, 0.15) is 47.2 Å². The Balaban J connectivity index is 1.45. The zero-order valence-electron chi connectivity index (χ0n) is 18.5. The van der Waals surface area contributed by atoms with E-state index < -0.39 is 10.0 Å². The smallest absolute Gasteiger partial charge is 0.257 e. The fourth-order valence-corrected chi connectivity index (χ4v) is 6.07. The minimum atomic E-state index is -3.57. The van der Waals surface area contributed by atoms with Gasteiger partial charge in [0.05, 0.1) is 10.6 Å². The SMILES string of the molecule is Cc1ccc(-c2csc(NC(=O)c3ccc(S(=O)(=O)N(C)C4CCCC4)cc3)n2)cc1C. The molecule has 32 heavy (non-hydrogen) atoms. The van der Waals surface area contributed by atoms with E-state index in [0.717, 1.165) is 36.9 Å². The summed E-state index contributed by atoms with van der Waals surface area (Å²) >= 11 is 1.36. The molecule has 1 saturated carbocycles. The molecule has 168 valence electrons. The summed E-state index contributed by atoms with van der Waals surface area (Å²) in [6.07, 6.45) is 3.92. The average Bonchev–Trinajstić information content (AvgIpc) is 3.47. The Morgan fingerprint density at radius 1 is 1.06 bits per heavy atom. The van der Waals surface area contributed by atoms with Crippen molar-refractivity contribution in [2.24, 2.45) is 0 Å². The van der Waals surface area contributed by atoms with Crippen molar-refractivity contribution in [2.45, 2.75) is 50.5 Å². The van der Waals surface area contributed by atoms with Gasteiger partial charge in [-0.2, -0.15) is 4.31 Å². The van der Waals surface area contributed by atoms with Crippen LogP contribution in [0.25, 0.3) is 11.3 Å². The minimum absolute atomic E-state index is 0.0550. The number of rotatable bonds is 6. The normalized spacial score (nSPS) is 14.8. The van der Waals surface area contributed by atoms with Gasteiger partial charge in [-0.15, -0.1) is 11.3 Å². The van der Waals surface area contributed by atoms with E-state index in [1.807, 2.05) is 11.4 Å². The number of thiazole rings is 1. The minimum Gasteiger partial charge on any atom is -0.298 e. The lowest BCUT2D eigenvalue weighted by Gasteiger charge is -2.23. The van der Waals surface area contributed by atoms with E-state index in [-0.39, 0.29) is 16.8 Å². The van der Waals surface area contributed by atoms with E-state index >= 15 is 0 Å². The lowest BCUT2D eigenvalue weighted by molar-refractivity contribution is 0.102. The maximum absolute atomic E-state index is 12.9. The number of aryl methyl sites for hydroxylation is 2. The van der Waals surface area contributed by atoms with Crippen LogP contribution in [-0.2, 0) is 10.0 Å². The van der Waals surface area contributed by atoms with Crippen molar-refractivity contribution in [3.8, 4) is 11.3 Å². The van der Waals surface area contributed by atoms with E-state index in [9.17, 15) is 13.2 Å². The number of hydrogen-bond acceptors (Lipinski definition) is 5. The van der Waals surface area contributed by atoms with Crippen LogP contribution >= 0.6 is 11.3 Å². The molecule has 0 unspecified atom stereocenters. The van der Waals surface area contributed by atoms with Gasteiger partial charge in [0.15, 0.2) is 5.13 Å². The first-order chi connectivity index (χ1) is 15.3. The molecule has 0 aliphatic heterocycles. The van der Waals surface area contributed by atoms with Crippen molar-refractivity contribution in [3.05, 3.63) is 64.5 Å². The summed E-state index contributed by atoms with van der Waals surface area (Å²) in [5.74, 6) is -0.320. The Bertz CT molecular complexity index is 1230. The van der Waals surface area contributed by atoms with Gasteiger partial charge in [0.25, 0.3) is 5.91 Å². The second-order valence-electron chi connectivity index (χ2n) is 8.27. The summed E-state index contributed by atoms with van der Waals surface area (Å²) in [6, 6.07) is 12.3. The number of benzene rings is 2. The number of aromatic nitrogens is 1. The van der Waals surface area contributed by atoms with Crippen LogP contribution < -0.4 is 5.32 Å². The number of carbonyl (C=O) groups excluding carboxylic acids is 1.